The van der Waals surface area contributed by atoms with Crippen molar-refractivity contribution in [3.8, 4) is 5.75 Å². The van der Waals surface area contributed by atoms with Gasteiger partial charge in [-0.05, 0) is 32.4 Å². The number of thiazole rings is 1. The molecule has 2 saturated heterocycles. The van der Waals surface area contributed by atoms with Crippen molar-refractivity contribution in [1.82, 2.24) is 4.98 Å². The van der Waals surface area contributed by atoms with Gasteiger partial charge in [0.2, 0.25) is 0 Å². The Morgan fingerprint density at radius 3 is 2.74 bits per heavy atom. The number of anilines is 1. The first-order chi connectivity index (χ1) is 11.0. The molecule has 0 aliphatic carbocycles. The lowest BCUT2D eigenvalue weighted by atomic mass is 9.96. The molecule has 1 aromatic heterocycles. The van der Waals surface area contributed by atoms with Crippen molar-refractivity contribution >= 4 is 44.4 Å². The summed E-state index contributed by atoms with van der Waals surface area (Å²) in [7, 11) is 0. The lowest BCUT2D eigenvalue weighted by Crippen LogP contribution is -2.61. The van der Waals surface area contributed by atoms with Crippen LogP contribution in [0.5, 0.6) is 5.75 Å². The summed E-state index contributed by atoms with van der Waals surface area (Å²) in [6.45, 7) is 3.79. The van der Waals surface area contributed by atoms with E-state index < -0.39 is 5.97 Å². The summed E-state index contributed by atoms with van der Waals surface area (Å²) < 4.78 is 6.39. The van der Waals surface area contributed by atoms with Crippen molar-refractivity contribution in [2.75, 3.05) is 16.4 Å². The number of hydrogen-bond donors (Lipinski definition) is 1. The van der Waals surface area contributed by atoms with E-state index in [0.717, 1.165) is 22.2 Å². The highest BCUT2D eigenvalue weighted by Crippen LogP contribution is 2.44. The van der Waals surface area contributed by atoms with Gasteiger partial charge in [-0.3, -0.25) is 0 Å². The van der Waals surface area contributed by atoms with Gasteiger partial charge in [0.15, 0.2) is 5.13 Å². The van der Waals surface area contributed by atoms with Crippen LogP contribution < -0.4 is 9.64 Å². The van der Waals surface area contributed by atoms with Gasteiger partial charge in [-0.25, -0.2) is 9.78 Å². The molecule has 0 radical (unpaired) electrons. The number of carboxylic acid groups (broad SMARTS) is 1. The van der Waals surface area contributed by atoms with Crippen LogP contribution in [-0.4, -0.2) is 45.8 Å². The van der Waals surface area contributed by atoms with Crippen LogP contribution in [0, 0.1) is 0 Å². The van der Waals surface area contributed by atoms with E-state index in [2.05, 4.69) is 4.90 Å². The summed E-state index contributed by atoms with van der Waals surface area (Å²) in [5.41, 5.74) is 0.983. The summed E-state index contributed by atoms with van der Waals surface area (Å²) >= 11 is 3.48. The molecule has 0 saturated carbocycles. The SMILES string of the molecule is CC(C)Oc1ccc2nc(N3C4CSCC3C4)sc2c1C(=O)O. The zero-order valence-corrected chi connectivity index (χ0v) is 14.6. The Balaban J connectivity index is 1.79. The summed E-state index contributed by atoms with van der Waals surface area (Å²) in [5, 5.41) is 10.6. The maximum atomic E-state index is 11.8. The van der Waals surface area contributed by atoms with E-state index in [0.29, 0.717) is 22.5 Å². The van der Waals surface area contributed by atoms with E-state index >= 15 is 0 Å². The van der Waals surface area contributed by atoms with Crippen LogP contribution >= 0.6 is 23.1 Å². The smallest absolute Gasteiger partial charge is 0.341 e. The number of aromatic carboxylic acids is 1. The molecule has 1 aromatic carbocycles. The molecule has 2 fully saturated rings. The first kappa shape index (κ1) is 15.1. The summed E-state index contributed by atoms with van der Waals surface area (Å²) in [6, 6.07) is 4.70. The van der Waals surface area contributed by atoms with Crippen LogP contribution in [0.15, 0.2) is 12.1 Å². The molecule has 2 aliphatic rings. The van der Waals surface area contributed by atoms with Crippen LogP contribution in [0.3, 0.4) is 0 Å². The monoisotopic (exact) mass is 350 g/mol. The predicted octanol–water partition coefficient (Wildman–Crippen LogP) is 3.48. The maximum Gasteiger partial charge on any atom is 0.341 e. The largest absolute Gasteiger partial charge is 0.490 e. The fraction of sp³-hybridized carbons (Fsp3) is 0.500. The van der Waals surface area contributed by atoms with Crippen molar-refractivity contribution in [1.29, 1.82) is 0 Å². The first-order valence-electron chi connectivity index (χ1n) is 7.74. The molecule has 4 rings (SSSR count). The second-order valence-electron chi connectivity index (χ2n) is 6.24. The van der Waals surface area contributed by atoms with E-state index in [-0.39, 0.29) is 11.7 Å². The highest BCUT2D eigenvalue weighted by atomic mass is 32.2. The Bertz CT molecular complexity index is 760. The summed E-state index contributed by atoms with van der Waals surface area (Å²) in [5.74, 6) is 1.75. The van der Waals surface area contributed by atoms with Crippen LogP contribution in [0.4, 0.5) is 5.13 Å². The quantitative estimate of drug-likeness (QED) is 0.911. The third-order valence-electron chi connectivity index (χ3n) is 4.26. The fourth-order valence-electron chi connectivity index (χ4n) is 3.28. The van der Waals surface area contributed by atoms with Gasteiger partial charge in [-0.15, -0.1) is 0 Å². The number of fused-ring (bicyclic) bond motifs is 3. The number of aromatic nitrogens is 1. The van der Waals surface area contributed by atoms with E-state index in [1.165, 1.54) is 17.8 Å². The highest BCUT2D eigenvalue weighted by Gasteiger charge is 2.43. The van der Waals surface area contributed by atoms with Gasteiger partial charge in [-0.2, -0.15) is 11.8 Å². The summed E-state index contributed by atoms with van der Waals surface area (Å²) in [4.78, 5) is 18.8. The minimum absolute atomic E-state index is 0.0651. The van der Waals surface area contributed by atoms with Gasteiger partial charge in [0.05, 0.1) is 16.3 Å². The Morgan fingerprint density at radius 2 is 2.13 bits per heavy atom. The Morgan fingerprint density at radius 1 is 1.39 bits per heavy atom. The van der Waals surface area contributed by atoms with E-state index in [9.17, 15) is 9.90 Å². The molecule has 2 unspecified atom stereocenters. The maximum absolute atomic E-state index is 11.8. The summed E-state index contributed by atoms with van der Waals surface area (Å²) in [6.07, 6.45) is 1.17. The molecule has 7 heteroatoms. The Kier molecular flexibility index (Phi) is 3.65. The van der Waals surface area contributed by atoms with Gasteiger partial charge in [0.1, 0.15) is 11.3 Å². The van der Waals surface area contributed by atoms with E-state index in [1.54, 1.807) is 6.07 Å². The normalized spacial score (nSPS) is 23.2. The van der Waals surface area contributed by atoms with Crippen molar-refractivity contribution in [2.45, 2.75) is 38.5 Å². The predicted molar refractivity (Wildman–Crippen MR) is 94.3 cm³/mol. The van der Waals surface area contributed by atoms with Gasteiger partial charge in [0, 0.05) is 23.6 Å². The molecule has 1 N–H and O–H groups in total. The van der Waals surface area contributed by atoms with Crippen LogP contribution in [0.2, 0.25) is 0 Å². The van der Waals surface area contributed by atoms with Crippen molar-refractivity contribution in [3.05, 3.63) is 17.7 Å². The lowest BCUT2D eigenvalue weighted by Gasteiger charge is -2.52. The zero-order chi connectivity index (χ0) is 16.1. The number of hydrogen-bond acceptors (Lipinski definition) is 6. The number of nitrogens with zero attached hydrogens (tertiary/aromatic N) is 2. The molecule has 122 valence electrons. The van der Waals surface area contributed by atoms with Crippen molar-refractivity contribution < 1.29 is 14.6 Å². The molecular weight excluding hydrogens is 332 g/mol. The standard InChI is InChI=1S/C16H18N2O3S2/c1-8(2)21-12-4-3-11-14(13(12)15(19)20)23-16(17-11)18-9-5-10(18)7-22-6-9/h3-4,8-10H,5-7H2,1-2H3,(H,19,20). The minimum Gasteiger partial charge on any atom is -0.490 e. The molecule has 2 aliphatic heterocycles. The van der Waals surface area contributed by atoms with Crippen LogP contribution in [0.1, 0.15) is 30.6 Å². The third-order valence-corrected chi connectivity index (χ3v) is 6.60. The Hall–Kier alpha value is -1.47. The van der Waals surface area contributed by atoms with Gasteiger partial charge < -0.3 is 14.7 Å². The average molecular weight is 350 g/mol. The number of carboxylic acids is 1. The Labute approximate surface area is 142 Å². The molecule has 2 bridgehead atoms. The molecule has 2 atom stereocenters. The number of benzene rings is 1. The molecule has 23 heavy (non-hydrogen) atoms. The average Bonchev–Trinajstić information content (AvgIpc) is 2.89. The van der Waals surface area contributed by atoms with E-state index in [1.807, 2.05) is 31.7 Å². The number of rotatable bonds is 4. The number of ether oxygens (including phenoxy) is 1. The number of carbonyl (C=O) groups is 1. The molecule has 0 spiro atoms. The van der Waals surface area contributed by atoms with Crippen molar-refractivity contribution in [2.24, 2.45) is 0 Å². The van der Waals surface area contributed by atoms with Crippen LogP contribution in [0.25, 0.3) is 10.2 Å². The van der Waals surface area contributed by atoms with Gasteiger partial charge in [-0.1, -0.05) is 11.3 Å². The molecule has 0 amide bonds. The molecule has 3 heterocycles. The van der Waals surface area contributed by atoms with Gasteiger partial charge in [0.25, 0.3) is 0 Å². The third kappa shape index (κ3) is 2.46. The second kappa shape index (κ2) is 5.56. The number of thioether (sulfide) groups is 1. The van der Waals surface area contributed by atoms with E-state index in [4.69, 9.17) is 9.72 Å². The topological polar surface area (TPSA) is 62.7 Å². The minimum atomic E-state index is -0.958. The lowest BCUT2D eigenvalue weighted by molar-refractivity contribution is 0.0693. The van der Waals surface area contributed by atoms with Crippen molar-refractivity contribution in [3.63, 3.8) is 0 Å². The molecule has 5 nitrogen and oxygen atoms in total. The zero-order valence-electron chi connectivity index (χ0n) is 13.0. The second-order valence-corrected chi connectivity index (χ2v) is 8.30. The van der Waals surface area contributed by atoms with Gasteiger partial charge >= 0.3 is 5.97 Å². The first-order valence-corrected chi connectivity index (χ1v) is 9.71. The molecule has 2 aromatic rings. The highest BCUT2D eigenvalue weighted by molar-refractivity contribution is 7.99. The van der Waals surface area contributed by atoms with Crippen LogP contribution in [-0.2, 0) is 0 Å². The fourth-order valence-corrected chi connectivity index (χ4v) is 5.79. The molecular formula is C16H18N2O3S2.